The zero-order valence-electron chi connectivity index (χ0n) is 8.91. The number of hydrogen-bond acceptors (Lipinski definition) is 2. The van der Waals surface area contributed by atoms with Gasteiger partial charge in [0, 0.05) is 0 Å². The van der Waals surface area contributed by atoms with Crippen LogP contribution in [-0.2, 0) is 6.42 Å². The topological polar surface area (TPSA) is 52.5 Å². The van der Waals surface area contributed by atoms with Gasteiger partial charge in [0.2, 0.25) is 0 Å². The highest BCUT2D eigenvalue weighted by Gasteiger charge is 2.09. The third-order valence-corrected chi connectivity index (χ3v) is 2.46. The van der Waals surface area contributed by atoms with Crippen LogP contribution in [0.4, 0.5) is 0 Å². The molecular formula is C12H13N3. The predicted molar refractivity (Wildman–Crippen MR) is 59.5 cm³/mol. The molecule has 1 aromatic heterocycles. The van der Waals surface area contributed by atoms with Crippen LogP contribution in [0.3, 0.4) is 0 Å². The van der Waals surface area contributed by atoms with Gasteiger partial charge < -0.3 is 4.98 Å². The first kappa shape index (κ1) is 9.72. The molecule has 1 heterocycles. The summed E-state index contributed by atoms with van der Waals surface area (Å²) in [5.41, 5.74) is 3.25. The van der Waals surface area contributed by atoms with E-state index in [-0.39, 0.29) is 0 Å². The first-order valence-electron chi connectivity index (χ1n) is 5.07. The summed E-state index contributed by atoms with van der Waals surface area (Å²) >= 11 is 0. The fraction of sp³-hybridized carbons (Fsp3) is 0.333. The zero-order chi connectivity index (χ0) is 10.8. The minimum Gasteiger partial charge on any atom is -0.341 e. The number of hydrogen-bond donors (Lipinski definition) is 1. The lowest BCUT2D eigenvalue weighted by Crippen LogP contribution is -1.88. The first-order chi connectivity index (χ1) is 7.22. The molecule has 1 aromatic carbocycles. The van der Waals surface area contributed by atoms with Gasteiger partial charge in [-0.1, -0.05) is 26.0 Å². The quantitative estimate of drug-likeness (QED) is 0.808. The van der Waals surface area contributed by atoms with Crippen LogP contribution < -0.4 is 0 Å². The molecule has 0 saturated carbocycles. The Balaban J connectivity index is 2.60. The number of aromatic amines is 1. The summed E-state index contributed by atoms with van der Waals surface area (Å²) in [5.74, 6) is 1.20. The van der Waals surface area contributed by atoms with E-state index in [4.69, 9.17) is 5.26 Å². The average Bonchev–Trinajstić information content (AvgIpc) is 2.59. The van der Waals surface area contributed by atoms with Gasteiger partial charge in [-0.05, 0) is 17.5 Å². The van der Waals surface area contributed by atoms with Crippen LogP contribution in [0.5, 0.6) is 0 Å². The second-order valence-electron chi connectivity index (χ2n) is 3.92. The molecule has 76 valence electrons. The van der Waals surface area contributed by atoms with Crippen molar-refractivity contribution in [2.45, 2.75) is 26.2 Å². The summed E-state index contributed by atoms with van der Waals surface area (Å²) in [7, 11) is 0. The van der Waals surface area contributed by atoms with Crippen LogP contribution in [0.15, 0.2) is 18.2 Å². The van der Waals surface area contributed by atoms with E-state index >= 15 is 0 Å². The molecule has 2 aromatic rings. The Bertz CT molecular complexity index is 517. The van der Waals surface area contributed by atoms with Crippen molar-refractivity contribution in [3.63, 3.8) is 0 Å². The van der Waals surface area contributed by atoms with Gasteiger partial charge in [-0.2, -0.15) is 5.26 Å². The molecule has 0 bridgehead atoms. The monoisotopic (exact) mass is 199 g/mol. The van der Waals surface area contributed by atoms with Gasteiger partial charge in [-0.25, -0.2) is 4.98 Å². The molecule has 0 atom stereocenters. The Hall–Kier alpha value is -1.82. The number of benzene rings is 1. The van der Waals surface area contributed by atoms with Crippen LogP contribution in [0.1, 0.15) is 31.2 Å². The summed E-state index contributed by atoms with van der Waals surface area (Å²) in [4.78, 5) is 7.60. The summed E-state index contributed by atoms with van der Waals surface area (Å²) in [5, 5.41) is 8.61. The molecule has 0 fully saturated rings. The third-order valence-electron chi connectivity index (χ3n) is 2.46. The normalized spacial score (nSPS) is 10.8. The van der Waals surface area contributed by atoms with Crippen molar-refractivity contribution in [3.8, 4) is 6.07 Å². The second kappa shape index (κ2) is 3.74. The van der Waals surface area contributed by atoms with Crippen molar-refractivity contribution in [2.24, 2.45) is 0 Å². The van der Waals surface area contributed by atoms with Crippen molar-refractivity contribution < 1.29 is 0 Å². The van der Waals surface area contributed by atoms with E-state index < -0.39 is 0 Å². The highest BCUT2D eigenvalue weighted by atomic mass is 14.9. The summed E-state index contributed by atoms with van der Waals surface area (Å²) < 4.78 is 0. The van der Waals surface area contributed by atoms with Gasteiger partial charge in [0.15, 0.2) is 0 Å². The minimum absolute atomic E-state index is 0.339. The molecule has 0 radical (unpaired) electrons. The smallest absolute Gasteiger partial charge is 0.121 e. The van der Waals surface area contributed by atoms with Gasteiger partial charge in [-0.3, -0.25) is 0 Å². The lowest BCUT2D eigenvalue weighted by molar-refractivity contribution is 0.873. The maximum atomic E-state index is 8.61. The number of aromatic nitrogens is 2. The molecule has 3 nitrogen and oxygen atoms in total. The Morgan fingerprint density at radius 1 is 1.47 bits per heavy atom. The molecular weight excluding hydrogens is 186 g/mol. The number of fused-ring (bicyclic) bond motifs is 1. The number of para-hydroxylation sites is 1. The van der Waals surface area contributed by atoms with E-state index in [2.05, 4.69) is 36.0 Å². The average molecular weight is 199 g/mol. The minimum atomic E-state index is 0.339. The highest BCUT2D eigenvalue weighted by Crippen LogP contribution is 2.23. The van der Waals surface area contributed by atoms with Gasteiger partial charge in [0.05, 0.1) is 23.5 Å². The van der Waals surface area contributed by atoms with E-state index in [1.807, 2.05) is 12.1 Å². The molecule has 1 N–H and O–H groups in total. The lowest BCUT2D eigenvalue weighted by atomic mass is 10.0. The van der Waals surface area contributed by atoms with Crippen molar-refractivity contribution in [2.75, 3.05) is 0 Å². The predicted octanol–water partition coefficient (Wildman–Crippen LogP) is 2.75. The number of rotatable bonds is 2. The number of H-pyrrole nitrogens is 1. The molecule has 0 saturated heterocycles. The van der Waals surface area contributed by atoms with E-state index in [1.54, 1.807) is 0 Å². The SMILES string of the molecule is CC(C)c1cccc2[nH]c(CC#N)nc12. The maximum absolute atomic E-state index is 8.61. The summed E-state index contributed by atoms with van der Waals surface area (Å²) in [6.45, 7) is 4.29. The van der Waals surface area contributed by atoms with E-state index in [0.717, 1.165) is 16.9 Å². The number of nitrogens with zero attached hydrogens (tertiary/aromatic N) is 2. The largest absolute Gasteiger partial charge is 0.341 e. The maximum Gasteiger partial charge on any atom is 0.121 e. The van der Waals surface area contributed by atoms with Crippen LogP contribution in [0.25, 0.3) is 11.0 Å². The van der Waals surface area contributed by atoms with Gasteiger partial charge in [0.1, 0.15) is 5.82 Å². The molecule has 3 heteroatoms. The molecule has 0 spiro atoms. The van der Waals surface area contributed by atoms with Gasteiger partial charge in [0.25, 0.3) is 0 Å². The third kappa shape index (κ3) is 1.71. The standard InChI is InChI=1S/C12H13N3/c1-8(2)9-4-3-5-10-12(9)15-11(14-10)6-7-13/h3-5,8H,6H2,1-2H3,(H,14,15). The zero-order valence-corrected chi connectivity index (χ0v) is 8.91. The summed E-state index contributed by atoms with van der Waals surface area (Å²) in [6.07, 6.45) is 0.339. The van der Waals surface area contributed by atoms with E-state index in [1.165, 1.54) is 5.56 Å². The van der Waals surface area contributed by atoms with Crippen LogP contribution in [0, 0.1) is 11.3 Å². The molecule has 15 heavy (non-hydrogen) atoms. The van der Waals surface area contributed by atoms with Crippen molar-refractivity contribution >= 4 is 11.0 Å². The molecule has 0 aliphatic carbocycles. The van der Waals surface area contributed by atoms with Crippen LogP contribution in [-0.4, -0.2) is 9.97 Å². The first-order valence-corrected chi connectivity index (χ1v) is 5.07. The molecule has 0 aliphatic rings. The lowest BCUT2D eigenvalue weighted by Gasteiger charge is -2.04. The van der Waals surface area contributed by atoms with Crippen LogP contribution in [0.2, 0.25) is 0 Å². The van der Waals surface area contributed by atoms with E-state index in [0.29, 0.717) is 12.3 Å². The van der Waals surface area contributed by atoms with Crippen LogP contribution >= 0.6 is 0 Å². The molecule has 0 aliphatic heterocycles. The fourth-order valence-electron chi connectivity index (χ4n) is 1.73. The summed E-state index contributed by atoms with van der Waals surface area (Å²) in [6, 6.07) is 8.20. The van der Waals surface area contributed by atoms with Crippen molar-refractivity contribution in [1.29, 1.82) is 5.26 Å². The number of nitrogens with one attached hydrogen (secondary N) is 1. The fourth-order valence-corrected chi connectivity index (χ4v) is 1.73. The number of nitriles is 1. The molecule has 0 amide bonds. The Morgan fingerprint density at radius 3 is 2.93 bits per heavy atom. The van der Waals surface area contributed by atoms with Gasteiger partial charge in [-0.15, -0.1) is 0 Å². The second-order valence-corrected chi connectivity index (χ2v) is 3.92. The molecule has 0 unspecified atom stereocenters. The van der Waals surface area contributed by atoms with Crippen molar-refractivity contribution in [1.82, 2.24) is 9.97 Å². The van der Waals surface area contributed by atoms with E-state index in [9.17, 15) is 0 Å². The Labute approximate surface area is 88.8 Å². The Morgan fingerprint density at radius 2 is 2.27 bits per heavy atom. The highest BCUT2D eigenvalue weighted by molar-refractivity contribution is 5.79. The molecule has 2 rings (SSSR count). The van der Waals surface area contributed by atoms with Crippen molar-refractivity contribution in [3.05, 3.63) is 29.6 Å². The number of imidazole rings is 1. The Kier molecular flexibility index (Phi) is 2.42. The van der Waals surface area contributed by atoms with Gasteiger partial charge >= 0.3 is 0 Å².